The first-order chi connectivity index (χ1) is 8.95. The van der Waals surface area contributed by atoms with E-state index in [1.165, 1.54) is 12.1 Å². The average molecular weight is 290 g/mol. The average Bonchev–Trinajstić information content (AvgIpc) is 2.41. The minimum atomic E-state index is -4.00. The van der Waals surface area contributed by atoms with Crippen molar-refractivity contribution in [3.8, 4) is 0 Å². The molecule has 110 valence electrons. The molecule has 0 bridgehead atoms. The van der Waals surface area contributed by atoms with Crippen LogP contribution < -0.4 is 0 Å². The SMILES string of the molecule is CCCCC(CO)CO.O=S(=O)(O)c1ccccc1. The van der Waals surface area contributed by atoms with Gasteiger partial charge in [0.25, 0.3) is 10.1 Å². The molecule has 5 nitrogen and oxygen atoms in total. The van der Waals surface area contributed by atoms with E-state index in [9.17, 15) is 8.42 Å². The topological polar surface area (TPSA) is 94.8 Å². The van der Waals surface area contributed by atoms with E-state index in [1.807, 2.05) is 0 Å². The normalized spacial score (nSPS) is 11.0. The molecule has 0 fully saturated rings. The molecule has 0 atom stereocenters. The Morgan fingerprint density at radius 3 is 1.95 bits per heavy atom. The summed E-state index contributed by atoms with van der Waals surface area (Å²) in [6, 6.07) is 7.42. The fourth-order valence-corrected chi connectivity index (χ4v) is 1.83. The summed E-state index contributed by atoms with van der Waals surface area (Å²) in [6.07, 6.45) is 3.19. The zero-order valence-corrected chi connectivity index (χ0v) is 11.9. The van der Waals surface area contributed by atoms with Gasteiger partial charge in [0, 0.05) is 19.1 Å². The summed E-state index contributed by atoms with van der Waals surface area (Å²) in [4.78, 5) is -0.0741. The zero-order chi connectivity index (χ0) is 14.7. The van der Waals surface area contributed by atoms with Crippen LogP contribution in [0.25, 0.3) is 0 Å². The molecule has 0 aromatic heterocycles. The smallest absolute Gasteiger partial charge is 0.294 e. The van der Waals surface area contributed by atoms with Gasteiger partial charge in [0.15, 0.2) is 0 Å². The number of aliphatic hydroxyl groups is 2. The molecule has 0 amide bonds. The van der Waals surface area contributed by atoms with E-state index >= 15 is 0 Å². The molecule has 0 aliphatic carbocycles. The highest BCUT2D eigenvalue weighted by molar-refractivity contribution is 7.85. The number of rotatable bonds is 6. The third kappa shape index (κ3) is 8.72. The van der Waals surface area contributed by atoms with Crippen LogP contribution in [0, 0.1) is 5.92 Å². The Hall–Kier alpha value is -0.950. The highest BCUT2D eigenvalue weighted by Crippen LogP contribution is 2.06. The molecule has 0 unspecified atom stereocenters. The van der Waals surface area contributed by atoms with Crippen LogP contribution in [0.15, 0.2) is 35.2 Å². The van der Waals surface area contributed by atoms with E-state index in [4.69, 9.17) is 14.8 Å². The van der Waals surface area contributed by atoms with Crippen molar-refractivity contribution in [1.82, 2.24) is 0 Å². The van der Waals surface area contributed by atoms with Crippen molar-refractivity contribution in [2.75, 3.05) is 13.2 Å². The Balaban J connectivity index is 0.000000344. The molecule has 0 radical (unpaired) electrons. The summed E-state index contributed by atoms with van der Waals surface area (Å²) >= 11 is 0. The van der Waals surface area contributed by atoms with E-state index in [2.05, 4.69) is 6.92 Å². The summed E-state index contributed by atoms with van der Waals surface area (Å²) in [5.41, 5.74) is 0. The summed E-state index contributed by atoms with van der Waals surface area (Å²) < 4.78 is 29.2. The summed E-state index contributed by atoms with van der Waals surface area (Å²) in [7, 11) is -4.00. The second-order valence-electron chi connectivity index (χ2n) is 4.16. The lowest BCUT2D eigenvalue weighted by Crippen LogP contribution is -2.10. The van der Waals surface area contributed by atoms with Gasteiger partial charge in [-0.3, -0.25) is 4.55 Å². The second kappa shape index (κ2) is 9.91. The van der Waals surface area contributed by atoms with Gasteiger partial charge in [0.05, 0.1) is 4.90 Å². The maximum Gasteiger partial charge on any atom is 0.294 e. The van der Waals surface area contributed by atoms with Gasteiger partial charge < -0.3 is 10.2 Å². The van der Waals surface area contributed by atoms with Gasteiger partial charge >= 0.3 is 0 Å². The molecule has 0 heterocycles. The van der Waals surface area contributed by atoms with E-state index in [-0.39, 0.29) is 24.0 Å². The van der Waals surface area contributed by atoms with Gasteiger partial charge in [0.1, 0.15) is 0 Å². The minimum absolute atomic E-state index is 0.0741. The monoisotopic (exact) mass is 290 g/mol. The van der Waals surface area contributed by atoms with Crippen molar-refractivity contribution < 1.29 is 23.2 Å². The van der Waals surface area contributed by atoms with E-state index in [0.29, 0.717) is 0 Å². The van der Waals surface area contributed by atoms with Crippen LogP contribution in [-0.2, 0) is 10.1 Å². The van der Waals surface area contributed by atoms with Crippen LogP contribution in [0.4, 0.5) is 0 Å². The molecular formula is C13H22O5S. The predicted molar refractivity (Wildman–Crippen MR) is 73.4 cm³/mol. The van der Waals surface area contributed by atoms with Crippen molar-refractivity contribution in [2.45, 2.75) is 31.1 Å². The predicted octanol–water partition coefficient (Wildman–Crippen LogP) is 1.71. The molecule has 0 saturated carbocycles. The van der Waals surface area contributed by atoms with Gasteiger partial charge in [-0.15, -0.1) is 0 Å². The van der Waals surface area contributed by atoms with Crippen LogP contribution in [0.2, 0.25) is 0 Å². The van der Waals surface area contributed by atoms with Crippen molar-refractivity contribution in [3.05, 3.63) is 30.3 Å². The van der Waals surface area contributed by atoms with Crippen molar-refractivity contribution >= 4 is 10.1 Å². The van der Waals surface area contributed by atoms with Gasteiger partial charge in [-0.1, -0.05) is 38.0 Å². The minimum Gasteiger partial charge on any atom is -0.396 e. The van der Waals surface area contributed by atoms with Gasteiger partial charge in [-0.2, -0.15) is 8.42 Å². The van der Waals surface area contributed by atoms with Gasteiger partial charge in [0.2, 0.25) is 0 Å². The maximum atomic E-state index is 10.4. The van der Waals surface area contributed by atoms with Crippen molar-refractivity contribution in [3.63, 3.8) is 0 Å². The quantitative estimate of drug-likeness (QED) is 0.693. The Morgan fingerprint density at radius 2 is 1.63 bits per heavy atom. The zero-order valence-electron chi connectivity index (χ0n) is 11.1. The van der Waals surface area contributed by atoms with Crippen molar-refractivity contribution in [1.29, 1.82) is 0 Å². The van der Waals surface area contributed by atoms with E-state index in [0.717, 1.165) is 19.3 Å². The summed E-state index contributed by atoms with van der Waals surface area (Å²) in [5.74, 6) is 0.116. The number of unbranched alkanes of at least 4 members (excludes halogenated alkanes) is 1. The summed E-state index contributed by atoms with van der Waals surface area (Å²) in [6.45, 7) is 2.35. The number of aliphatic hydroxyl groups excluding tert-OH is 2. The molecule has 3 N–H and O–H groups in total. The van der Waals surface area contributed by atoms with Gasteiger partial charge in [-0.25, -0.2) is 0 Å². The fraction of sp³-hybridized carbons (Fsp3) is 0.538. The molecule has 0 aliphatic heterocycles. The van der Waals surface area contributed by atoms with Gasteiger partial charge in [-0.05, 0) is 18.6 Å². The Morgan fingerprint density at radius 1 is 1.11 bits per heavy atom. The first-order valence-electron chi connectivity index (χ1n) is 6.20. The molecular weight excluding hydrogens is 268 g/mol. The van der Waals surface area contributed by atoms with Crippen LogP contribution in [0.5, 0.6) is 0 Å². The fourth-order valence-electron chi connectivity index (χ4n) is 1.33. The molecule has 19 heavy (non-hydrogen) atoms. The first kappa shape index (κ1) is 18.0. The Bertz CT molecular complexity index is 412. The molecule has 0 saturated heterocycles. The highest BCUT2D eigenvalue weighted by atomic mass is 32.2. The Kier molecular flexibility index (Phi) is 9.42. The third-order valence-corrected chi connectivity index (χ3v) is 3.39. The van der Waals surface area contributed by atoms with Crippen LogP contribution >= 0.6 is 0 Å². The Labute approximate surface area is 114 Å². The lowest BCUT2D eigenvalue weighted by atomic mass is 10.0. The van der Waals surface area contributed by atoms with Crippen LogP contribution in [0.3, 0.4) is 0 Å². The lowest BCUT2D eigenvalue weighted by molar-refractivity contribution is 0.142. The largest absolute Gasteiger partial charge is 0.396 e. The molecule has 1 aromatic rings. The maximum absolute atomic E-state index is 10.4. The van der Waals surface area contributed by atoms with E-state index in [1.54, 1.807) is 18.2 Å². The molecule has 0 spiro atoms. The van der Waals surface area contributed by atoms with Crippen LogP contribution in [-0.4, -0.2) is 36.4 Å². The second-order valence-corrected chi connectivity index (χ2v) is 5.58. The number of hydrogen-bond acceptors (Lipinski definition) is 4. The van der Waals surface area contributed by atoms with Crippen LogP contribution in [0.1, 0.15) is 26.2 Å². The number of benzene rings is 1. The standard InChI is InChI=1S/C7H16O2.C6H6O3S/c1-2-3-4-7(5-8)6-9;7-10(8,9)6-4-2-1-3-5-6/h7-9H,2-6H2,1H3;1-5H,(H,7,8,9). The first-order valence-corrected chi connectivity index (χ1v) is 7.64. The molecule has 1 rings (SSSR count). The molecule has 1 aromatic carbocycles. The summed E-state index contributed by atoms with van der Waals surface area (Å²) in [5, 5.41) is 17.2. The highest BCUT2D eigenvalue weighted by Gasteiger charge is 2.05. The molecule has 6 heteroatoms. The third-order valence-electron chi connectivity index (χ3n) is 2.52. The molecule has 0 aliphatic rings. The number of hydrogen-bond donors (Lipinski definition) is 3. The lowest BCUT2D eigenvalue weighted by Gasteiger charge is -2.07. The van der Waals surface area contributed by atoms with E-state index < -0.39 is 10.1 Å². The van der Waals surface area contributed by atoms with Crippen molar-refractivity contribution in [2.24, 2.45) is 5.92 Å².